The molecule has 1 N–H and O–H groups in total. The van der Waals surface area contributed by atoms with E-state index in [1.54, 1.807) is 13.0 Å². The smallest absolute Gasteiger partial charge is 0.349 e. The number of aromatic nitrogens is 3. The average molecular weight is 346 g/mol. The van der Waals surface area contributed by atoms with Crippen LogP contribution in [0.2, 0.25) is 0 Å². The normalized spacial score (nSPS) is 15.3. The molecule has 0 unspecified atom stereocenters. The predicted octanol–water partition coefficient (Wildman–Crippen LogP) is 2.10. The van der Waals surface area contributed by atoms with E-state index < -0.39 is 11.5 Å². The van der Waals surface area contributed by atoms with Crippen molar-refractivity contribution in [2.45, 2.75) is 45.6 Å². The van der Waals surface area contributed by atoms with Gasteiger partial charge in [0.1, 0.15) is 11.3 Å². The maximum absolute atomic E-state index is 12.4. The highest BCUT2D eigenvalue weighted by molar-refractivity contribution is 6.04. The SMILES string of the molecule is CCCn1ncc(NC(=O)c2c(C)cc(C3CCOCC3)oc2=O)n1. The molecular weight excluding hydrogens is 324 g/mol. The molecule has 1 aliphatic heterocycles. The molecule has 1 aliphatic rings. The average Bonchev–Trinajstić information content (AvgIpc) is 3.02. The summed E-state index contributed by atoms with van der Waals surface area (Å²) in [5, 5.41) is 10.8. The van der Waals surface area contributed by atoms with Gasteiger partial charge < -0.3 is 14.5 Å². The minimum Gasteiger partial charge on any atom is -0.427 e. The summed E-state index contributed by atoms with van der Waals surface area (Å²) in [7, 11) is 0. The van der Waals surface area contributed by atoms with Gasteiger partial charge in [-0.2, -0.15) is 9.90 Å². The zero-order valence-corrected chi connectivity index (χ0v) is 14.4. The zero-order chi connectivity index (χ0) is 17.8. The highest BCUT2D eigenvalue weighted by atomic mass is 16.5. The second kappa shape index (κ2) is 7.60. The van der Waals surface area contributed by atoms with E-state index in [0.717, 1.165) is 19.3 Å². The highest BCUT2D eigenvalue weighted by Crippen LogP contribution is 2.27. The summed E-state index contributed by atoms with van der Waals surface area (Å²) in [6, 6.07) is 1.78. The molecule has 1 amide bonds. The lowest BCUT2D eigenvalue weighted by Crippen LogP contribution is -2.24. The summed E-state index contributed by atoms with van der Waals surface area (Å²) in [6.45, 7) is 5.72. The van der Waals surface area contributed by atoms with Gasteiger partial charge in [0.2, 0.25) is 0 Å². The number of carbonyl (C=O) groups is 1. The Morgan fingerprint density at radius 1 is 1.40 bits per heavy atom. The molecule has 0 bridgehead atoms. The molecule has 3 rings (SSSR count). The fourth-order valence-electron chi connectivity index (χ4n) is 2.93. The number of amides is 1. The van der Waals surface area contributed by atoms with E-state index in [9.17, 15) is 9.59 Å². The molecule has 1 fully saturated rings. The third kappa shape index (κ3) is 3.96. The molecule has 134 valence electrons. The van der Waals surface area contributed by atoms with Crippen LogP contribution in [-0.4, -0.2) is 34.1 Å². The number of hydrogen-bond acceptors (Lipinski definition) is 6. The Morgan fingerprint density at radius 2 is 2.16 bits per heavy atom. The monoisotopic (exact) mass is 346 g/mol. The van der Waals surface area contributed by atoms with Crippen LogP contribution < -0.4 is 10.9 Å². The minimum absolute atomic E-state index is 0.000788. The van der Waals surface area contributed by atoms with Crippen LogP contribution >= 0.6 is 0 Å². The van der Waals surface area contributed by atoms with Crippen LogP contribution in [0.15, 0.2) is 21.5 Å². The molecule has 3 heterocycles. The number of nitrogens with zero attached hydrogens (tertiary/aromatic N) is 3. The van der Waals surface area contributed by atoms with E-state index in [0.29, 0.717) is 36.9 Å². The van der Waals surface area contributed by atoms with Gasteiger partial charge in [0, 0.05) is 19.1 Å². The molecule has 8 heteroatoms. The predicted molar refractivity (Wildman–Crippen MR) is 90.8 cm³/mol. The molecule has 0 atom stereocenters. The van der Waals surface area contributed by atoms with Crippen LogP contribution in [0.4, 0.5) is 5.82 Å². The molecule has 0 spiro atoms. The number of nitrogens with one attached hydrogen (secondary N) is 1. The Hall–Kier alpha value is -2.48. The van der Waals surface area contributed by atoms with Crippen molar-refractivity contribution in [3.8, 4) is 0 Å². The standard InChI is InChI=1S/C17H22N4O4/c1-3-6-21-18-10-14(20-21)19-16(22)15-11(2)9-13(25-17(15)23)12-4-7-24-8-5-12/h9-10,12H,3-8H2,1-2H3,(H,19,20,22). The van der Waals surface area contributed by atoms with Crippen LogP contribution in [0, 0.1) is 6.92 Å². The summed E-state index contributed by atoms with van der Waals surface area (Å²) >= 11 is 0. The summed E-state index contributed by atoms with van der Waals surface area (Å²) in [6.07, 6.45) is 3.97. The largest absolute Gasteiger partial charge is 0.427 e. The first kappa shape index (κ1) is 17.3. The second-order valence-corrected chi connectivity index (χ2v) is 6.16. The molecule has 0 saturated carbocycles. The lowest BCUT2D eigenvalue weighted by Gasteiger charge is -2.21. The molecule has 0 aliphatic carbocycles. The van der Waals surface area contributed by atoms with Crippen molar-refractivity contribution in [2.24, 2.45) is 0 Å². The number of rotatable bonds is 5. The van der Waals surface area contributed by atoms with Crippen LogP contribution in [0.1, 0.15) is 53.8 Å². The summed E-state index contributed by atoms with van der Waals surface area (Å²) in [5.41, 5.74) is -0.0306. The van der Waals surface area contributed by atoms with Gasteiger partial charge in [-0.15, -0.1) is 5.10 Å². The molecule has 8 nitrogen and oxygen atoms in total. The lowest BCUT2D eigenvalue weighted by molar-refractivity contribution is 0.0796. The Balaban J connectivity index is 1.78. The summed E-state index contributed by atoms with van der Waals surface area (Å²) in [4.78, 5) is 26.3. The first-order valence-electron chi connectivity index (χ1n) is 8.52. The first-order valence-corrected chi connectivity index (χ1v) is 8.52. The van der Waals surface area contributed by atoms with Gasteiger partial charge in [0.15, 0.2) is 5.82 Å². The first-order chi connectivity index (χ1) is 12.1. The molecule has 2 aromatic heterocycles. The molecule has 0 aromatic carbocycles. The number of aryl methyl sites for hydroxylation is 2. The van der Waals surface area contributed by atoms with Gasteiger partial charge in [-0.05, 0) is 37.8 Å². The van der Waals surface area contributed by atoms with Crippen molar-refractivity contribution in [1.29, 1.82) is 0 Å². The van der Waals surface area contributed by atoms with Gasteiger partial charge >= 0.3 is 5.63 Å². The van der Waals surface area contributed by atoms with Gasteiger partial charge in [-0.25, -0.2) is 4.79 Å². The Kier molecular flexibility index (Phi) is 5.28. The number of anilines is 1. The minimum atomic E-state index is -0.625. The van der Waals surface area contributed by atoms with E-state index >= 15 is 0 Å². The Morgan fingerprint density at radius 3 is 2.84 bits per heavy atom. The van der Waals surface area contributed by atoms with E-state index in [2.05, 4.69) is 15.5 Å². The number of ether oxygens (including phenoxy) is 1. The molecule has 0 radical (unpaired) electrons. The molecule has 2 aromatic rings. The van der Waals surface area contributed by atoms with Gasteiger partial charge in [-0.1, -0.05) is 6.92 Å². The summed E-state index contributed by atoms with van der Waals surface area (Å²) in [5.74, 6) is 0.557. The maximum Gasteiger partial charge on any atom is 0.349 e. The fourth-order valence-corrected chi connectivity index (χ4v) is 2.93. The van der Waals surface area contributed by atoms with Gasteiger partial charge in [0.05, 0.1) is 12.7 Å². The van der Waals surface area contributed by atoms with E-state index in [1.807, 2.05) is 6.92 Å². The van der Waals surface area contributed by atoms with Crippen molar-refractivity contribution in [3.05, 3.63) is 39.6 Å². The van der Waals surface area contributed by atoms with Crippen molar-refractivity contribution in [3.63, 3.8) is 0 Å². The van der Waals surface area contributed by atoms with Gasteiger partial charge in [-0.3, -0.25) is 4.79 Å². The van der Waals surface area contributed by atoms with Crippen LogP contribution in [0.25, 0.3) is 0 Å². The molecule has 25 heavy (non-hydrogen) atoms. The van der Waals surface area contributed by atoms with E-state index in [4.69, 9.17) is 9.15 Å². The lowest BCUT2D eigenvalue weighted by atomic mass is 9.95. The van der Waals surface area contributed by atoms with Crippen molar-refractivity contribution >= 4 is 11.7 Å². The number of carbonyl (C=O) groups excluding carboxylic acids is 1. The Labute approximate surface area is 145 Å². The van der Waals surface area contributed by atoms with E-state index in [-0.39, 0.29) is 11.5 Å². The van der Waals surface area contributed by atoms with Gasteiger partial charge in [0.25, 0.3) is 5.91 Å². The zero-order valence-electron chi connectivity index (χ0n) is 14.4. The van der Waals surface area contributed by atoms with Crippen molar-refractivity contribution < 1.29 is 13.9 Å². The fraction of sp³-hybridized carbons (Fsp3) is 0.529. The van der Waals surface area contributed by atoms with Crippen LogP contribution in [0.3, 0.4) is 0 Å². The molecule has 1 saturated heterocycles. The summed E-state index contributed by atoms with van der Waals surface area (Å²) < 4.78 is 10.7. The Bertz CT molecular complexity index is 805. The quantitative estimate of drug-likeness (QED) is 0.890. The topological polar surface area (TPSA) is 99.3 Å². The molecular formula is C17H22N4O4. The third-order valence-electron chi connectivity index (χ3n) is 4.22. The van der Waals surface area contributed by atoms with Crippen LogP contribution in [-0.2, 0) is 11.3 Å². The van der Waals surface area contributed by atoms with Crippen molar-refractivity contribution in [1.82, 2.24) is 15.0 Å². The highest BCUT2D eigenvalue weighted by Gasteiger charge is 2.23. The third-order valence-corrected chi connectivity index (χ3v) is 4.22. The maximum atomic E-state index is 12.4. The number of hydrogen-bond donors (Lipinski definition) is 1. The van der Waals surface area contributed by atoms with Crippen molar-refractivity contribution in [2.75, 3.05) is 18.5 Å². The van der Waals surface area contributed by atoms with Crippen LogP contribution in [0.5, 0.6) is 0 Å². The van der Waals surface area contributed by atoms with E-state index in [1.165, 1.54) is 11.0 Å². The second-order valence-electron chi connectivity index (χ2n) is 6.16.